The summed E-state index contributed by atoms with van der Waals surface area (Å²) in [5, 5.41) is 0. The second-order valence-electron chi connectivity index (χ2n) is 5.22. The van der Waals surface area contributed by atoms with E-state index in [1.54, 1.807) is 6.33 Å². The zero-order valence-corrected chi connectivity index (χ0v) is 11.4. The molecule has 0 bridgehead atoms. The quantitative estimate of drug-likeness (QED) is 0.769. The second kappa shape index (κ2) is 5.65. The molecular weight excluding hydrogens is 241 g/mol. The highest BCUT2D eigenvalue weighted by molar-refractivity contribution is 6.72. The minimum atomic E-state index is -0.210. The number of aromatic nitrogens is 2. The first-order valence-electron chi connectivity index (χ1n) is 6.98. The molecule has 0 spiro atoms. The SMILES string of the molecule is CB1OB(C)OB(CCc2cc(C3CC3)ncn2)O1. The van der Waals surface area contributed by atoms with Gasteiger partial charge >= 0.3 is 21.4 Å². The van der Waals surface area contributed by atoms with Crippen molar-refractivity contribution in [3.05, 3.63) is 23.8 Å². The van der Waals surface area contributed by atoms with Gasteiger partial charge in [-0.25, -0.2) is 9.97 Å². The Balaban J connectivity index is 1.55. The Morgan fingerprint density at radius 1 is 1.16 bits per heavy atom. The second-order valence-corrected chi connectivity index (χ2v) is 5.22. The van der Waals surface area contributed by atoms with Gasteiger partial charge in [-0.1, -0.05) is 0 Å². The van der Waals surface area contributed by atoms with Crippen molar-refractivity contribution in [2.75, 3.05) is 0 Å². The van der Waals surface area contributed by atoms with Crippen molar-refractivity contribution in [2.45, 2.75) is 45.1 Å². The molecule has 3 rings (SSSR count). The van der Waals surface area contributed by atoms with Crippen molar-refractivity contribution in [1.82, 2.24) is 9.97 Å². The lowest BCUT2D eigenvalue weighted by molar-refractivity contribution is 0.288. The molecule has 2 fully saturated rings. The maximum absolute atomic E-state index is 5.58. The van der Waals surface area contributed by atoms with Crippen LogP contribution < -0.4 is 0 Å². The van der Waals surface area contributed by atoms with Gasteiger partial charge in [0.15, 0.2) is 0 Å². The van der Waals surface area contributed by atoms with Gasteiger partial charge in [0.1, 0.15) is 6.33 Å². The minimum Gasteiger partial charge on any atom is -0.453 e. The third-order valence-electron chi connectivity index (χ3n) is 3.45. The van der Waals surface area contributed by atoms with Gasteiger partial charge in [0.25, 0.3) is 0 Å². The monoisotopic (exact) mass is 258 g/mol. The Labute approximate surface area is 114 Å². The predicted molar refractivity (Wildman–Crippen MR) is 74.8 cm³/mol. The summed E-state index contributed by atoms with van der Waals surface area (Å²) in [6.45, 7) is 3.78. The van der Waals surface area contributed by atoms with Crippen molar-refractivity contribution in [1.29, 1.82) is 0 Å². The lowest BCUT2D eigenvalue weighted by Gasteiger charge is -2.27. The topological polar surface area (TPSA) is 53.5 Å². The smallest absolute Gasteiger partial charge is 0.429 e. The van der Waals surface area contributed by atoms with Crippen molar-refractivity contribution in [3.8, 4) is 0 Å². The zero-order chi connectivity index (χ0) is 13.2. The molecule has 1 aromatic rings. The normalized spacial score (nSPS) is 20.0. The van der Waals surface area contributed by atoms with Crippen LogP contribution in [0.3, 0.4) is 0 Å². The third kappa shape index (κ3) is 3.58. The number of hydrogen-bond donors (Lipinski definition) is 0. The Bertz CT molecular complexity index is 437. The number of hydrogen-bond acceptors (Lipinski definition) is 5. The molecule has 98 valence electrons. The molecule has 1 aliphatic carbocycles. The molecule has 1 saturated carbocycles. The molecule has 0 aromatic carbocycles. The van der Waals surface area contributed by atoms with Gasteiger partial charge in [0.05, 0.1) is 0 Å². The average molecular weight is 258 g/mol. The molecule has 0 unspecified atom stereocenters. The largest absolute Gasteiger partial charge is 0.453 e. The standard InChI is InChI=1S/C11H17B3N2O3/c1-12-17-13(2)19-14(18-12)6-5-10-7-11(9-3-4-9)16-8-15-10/h7-9H,3-6H2,1-2H3. The first-order valence-corrected chi connectivity index (χ1v) is 6.98. The predicted octanol–water partition coefficient (Wildman–Crippen LogP) is 1.68. The molecule has 0 N–H and O–H groups in total. The fraction of sp³-hybridized carbons (Fsp3) is 0.636. The molecule has 0 amide bonds. The summed E-state index contributed by atoms with van der Waals surface area (Å²) < 4.78 is 16.5. The molecule has 8 heteroatoms. The van der Waals surface area contributed by atoms with E-state index >= 15 is 0 Å². The Kier molecular flexibility index (Phi) is 3.91. The Morgan fingerprint density at radius 2 is 1.89 bits per heavy atom. The van der Waals surface area contributed by atoms with Crippen LogP contribution in [0, 0.1) is 0 Å². The molecule has 0 radical (unpaired) electrons. The molecular formula is C11H17B3N2O3. The van der Waals surface area contributed by atoms with Gasteiger partial charge in [-0.2, -0.15) is 0 Å². The summed E-state index contributed by atoms with van der Waals surface area (Å²) in [6, 6.07) is 2.11. The lowest BCUT2D eigenvalue weighted by atomic mass is 9.69. The Hall–Kier alpha value is -0.845. The van der Waals surface area contributed by atoms with E-state index in [0.717, 1.165) is 18.4 Å². The van der Waals surface area contributed by atoms with Crippen molar-refractivity contribution in [2.24, 2.45) is 0 Å². The maximum Gasteiger partial charge on any atom is 0.429 e. The highest BCUT2D eigenvalue weighted by Crippen LogP contribution is 2.38. The van der Waals surface area contributed by atoms with Crippen LogP contribution >= 0.6 is 0 Å². The van der Waals surface area contributed by atoms with Crippen molar-refractivity contribution >= 4 is 21.4 Å². The molecule has 1 aliphatic heterocycles. The van der Waals surface area contributed by atoms with Gasteiger partial charge in [0.2, 0.25) is 0 Å². The van der Waals surface area contributed by atoms with Crippen LogP contribution in [0.15, 0.2) is 12.4 Å². The van der Waals surface area contributed by atoms with E-state index < -0.39 is 0 Å². The molecule has 1 aromatic heterocycles. The van der Waals surface area contributed by atoms with Gasteiger partial charge in [-0.15, -0.1) is 0 Å². The summed E-state index contributed by atoms with van der Waals surface area (Å²) in [5.41, 5.74) is 2.25. The summed E-state index contributed by atoms with van der Waals surface area (Å²) in [7, 11) is -0.625. The maximum atomic E-state index is 5.58. The summed E-state index contributed by atoms with van der Waals surface area (Å²) in [5.74, 6) is 0.664. The fourth-order valence-electron chi connectivity index (χ4n) is 2.35. The molecule has 5 nitrogen and oxygen atoms in total. The van der Waals surface area contributed by atoms with Gasteiger partial charge < -0.3 is 13.7 Å². The first-order chi connectivity index (χ1) is 9.20. The molecule has 2 heterocycles. The molecule has 2 aliphatic rings. The Morgan fingerprint density at radius 3 is 2.58 bits per heavy atom. The molecule has 0 atom stereocenters. The van der Waals surface area contributed by atoms with Crippen molar-refractivity contribution < 1.29 is 13.7 Å². The van der Waals surface area contributed by atoms with E-state index in [4.69, 9.17) is 13.7 Å². The lowest BCUT2D eigenvalue weighted by Crippen LogP contribution is -2.46. The number of rotatable bonds is 4. The highest BCUT2D eigenvalue weighted by atomic mass is 16.7. The third-order valence-corrected chi connectivity index (χ3v) is 3.45. The zero-order valence-electron chi connectivity index (χ0n) is 11.4. The van der Waals surface area contributed by atoms with Crippen LogP contribution in [0.4, 0.5) is 0 Å². The summed E-state index contributed by atoms with van der Waals surface area (Å²) in [6.07, 6.45) is 5.82. The van der Waals surface area contributed by atoms with Crippen LogP contribution in [-0.4, -0.2) is 31.3 Å². The highest BCUT2D eigenvalue weighted by Gasteiger charge is 2.35. The van der Waals surface area contributed by atoms with E-state index in [2.05, 4.69) is 16.0 Å². The number of aryl methyl sites for hydroxylation is 1. The minimum absolute atomic E-state index is 0.207. The molecule has 1 saturated heterocycles. The summed E-state index contributed by atoms with van der Waals surface area (Å²) in [4.78, 5) is 8.65. The summed E-state index contributed by atoms with van der Waals surface area (Å²) >= 11 is 0. The molecule has 19 heavy (non-hydrogen) atoms. The fourth-order valence-corrected chi connectivity index (χ4v) is 2.35. The van der Waals surface area contributed by atoms with Crippen LogP contribution in [-0.2, 0) is 20.1 Å². The van der Waals surface area contributed by atoms with Gasteiger partial charge in [-0.3, -0.25) is 0 Å². The van der Waals surface area contributed by atoms with Crippen LogP contribution in [0.5, 0.6) is 0 Å². The van der Waals surface area contributed by atoms with E-state index in [1.165, 1.54) is 18.5 Å². The van der Waals surface area contributed by atoms with Gasteiger partial charge in [0, 0.05) is 17.3 Å². The van der Waals surface area contributed by atoms with Crippen LogP contribution in [0.25, 0.3) is 0 Å². The first kappa shape index (κ1) is 13.2. The van der Waals surface area contributed by atoms with Crippen LogP contribution in [0.1, 0.15) is 30.1 Å². The van der Waals surface area contributed by atoms with E-state index in [1.807, 2.05) is 13.6 Å². The van der Waals surface area contributed by atoms with E-state index in [9.17, 15) is 0 Å². The van der Waals surface area contributed by atoms with Crippen LogP contribution in [0.2, 0.25) is 20.0 Å². The van der Waals surface area contributed by atoms with E-state index in [-0.39, 0.29) is 21.4 Å². The van der Waals surface area contributed by atoms with Crippen molar-refractivity contribution in [3.63, 3.8) is 0 Å². The number of nitrogens with zero attached hydrogens (tertiary/aromatic N) is 2. The van der Waals surface area contributed by atoms with E-state index in [0.29, 0.717) is 5.92 Å². The van der Waals surface area contributed by atoms with Gasteiger partial charge in [-0.05, 0) is 45.3 Å². The average Bonchev–Trinajstić information content (AvgIpc) is 3.20.